The molecule has 0 heteroatoms. The maximum absolute atomic E-state index is 1.66. The summed E-state index contributed by atoms with van der Waals surface area (Å²) in [5, 5.41) is 0. The van der Waals surface area contributed by atoms with Crippen LogP contribution in [0.15, 0.2) is 0 Å². The normalized spacial score (nSPS) is 102. The zero-order valence-corrected chi connectivity index (χ0v) is 34.0. The van der Waals surface area contributed by atoms with Gasteiger partial charge in [0.25, 0.3) is 0 Å². The van der Waals surface area contributed by atoms with Crippen molar-refractivity contribution in [1.82, 2.24) is 0 Å². The molecule has 0 aromatic carbocycles. The summed E-state index contributed by atoms with van der Waals surface area (Å²) in [5.74, 6) is 71.4. The van der Waals surface area contributed by atoms with Gasteiger partial charge in [-0.1, -0.05) is 0 Å². The predicted molar refractivity (Wildman–Crippen MR) is 207 cm³/mol. The molecule has 0 nitrogen and oxygen atoms in total. The van der Waals surface area contributed by atoms with Crippen molar-refractivity contribution in [3.63, 3.8) is 0 Å². The number of fused-ring (bicyclic) bond motifs is 79. The Morgan fingerprint density at radius 1 is 0.0862 bits per heavy atom. The van der Waals surface area contributed by atoms with Crippen LogP contribution in [0, 0.1) is 320 Å². The summed E-state index contributed by atoms with van der Waals surface area (Å²) in [6.45, 7) is 0. The van der Waals surface area contributed by atoms with Gasteiger partial charge in [-0.2, -0.15) is 0 Å². The van der Waals surface area contributed by atoms with Gasteiger partial charge in [-0.25, -0.2) is 0 Å². The van der Waals surface area contributed by atoms with Crippen molar-refractivity contribution in [2.45, 2.75) is 25.7 Å². The lowest BCUT2D eigenvalue weighted by Crippen LogP contribution is -2.99. The van der Waals surface area contributed by atoms with E-state index in [4.69, 9.17) is 0 Å². The Kier molecular flexibility index (Phi) is 2.92. The number of hydrogen-bond donors (Lipinski definition) is 0. The maximum atomic E-state index is 1.66. The zero-order valence-electron chi connectivity index (χ0n) is 34.0. The molecule has 28 saturated carbocycles. The minimum Gasteiger partial charge on any atom is -0.0496 e. The minimum atomic E-state index is 1.27. The van der Waals surface area contributed by atoms with Crippen molar-refractivity contribution in [3.8, 4) is 0 Å². The first-order valence-electron chi connectivity index (χ1n) is 29.0. The van der Waals surface area contributed by atoms with Crippen LogP contribution in [0.2, 0.25) is 0 Å². The van der Waals surface area contributed by atoms with Crippen molar-refractivity contribution in [2.24, 2.45) is 320 Å². The highest BCUT2D eigenvalue weighted by atomic mass is 15.0. The van der Waals surface area contributed by atoms with Crippen LogP contribution in [-0.2, 0) is 0 Å². The van der Waals surface area contributed by atoms with Crippen molar-refractivity contribution in [3.05, 3.63) is 0 Å². The lowest BCUT2D eigenvalue weighted by Gasteiger charge is -3.02. The summed E-state index contributed by atoms with van der Waals surface area (Å²) in [4.78, 5) is 0. The first-order chi connectivity index (χ1) is 29.0. The molecule has 0 aromatic heterocycles. The fraction of sp³-hybridized carbons (Fsp3) is 1.00. The van der Waals surface area contributed by atoms with E-state index in [9.17, 15) is 0 Å². The Morgan fingerprint density at radius 2 is 0.155 bits per heavy atom. The highest BCUT2D eigenvalue weighted by Crippen LogP contribution is 3.04. The van der Waals surface area contributed by atoms with E-state index >= 15 is 0 Å². The van der Waals surface area contributed by atoms with Gasteiger partial charge in [0.15, 0.2) is 0 Å². The van der Waals surface area contributed by atoms with E-state index in [1.165, 1.54) is 320 Å². The van der Waals surface area contributed by atoms with Gasteiger partial charge in [0.1, 0.15) is 0 Å². The van der Waals surface area contributed by atoms with Gasteiger partial charge in [-0.15, -0.1) is 0 Å². The quantitative estimate of drug-likeness (QED) is 0.219. The molecule has 0 radical (unpaired) electrons. The molecule has 28 fully saturated rings. The van der Waals surface area contributed by atoms with Gasteiger partial charge in [0.2, 0.25) is 0 Å². The topological polar surface area (TPSA) is 0 Å². The predicted octanol–water partition coefficient (Wildman–Crippen LogP) is 8.20. The third-order valence-corrected chi connectivity index (χ3v) is 37.2. The molecule has 58 heavy (non-hydrogen) atoms. The Balaban J connectivity index is 0.444. The van der Waals surface area contributed by atoms with E-state index in [2.05, 4.69) is 0 Å². The lowest BCUT2D eigenvalue weighted by atomic mass is 9.02. The maximum Gasteiger partial charge on any atom is -0.0312 e. The van der Waals surface area contributed by atoms with Crippen molar-refractivity contribution in [1.29, 1.82) is 0 Å². The molecule has 294 valence electrons. The van der Waals surface area contributed by atoms with Gasteiger partial charge < -0.3 is 0 Å². The van der Waals surface area contributed by atoms with Crippen LogP contribution in [0.5, 0.6) is 0 Å². The summed E-state index contributed by atoms with van der Waals surface area (Å²) < 4.78 is 0. The highest BCUT2D eigenvalue weighted by molar-refractivity contribution is 5.47. The first-order valence-corrected chi connectivity index (χ1v) is 29.0. The van der Waals surface area contributed by atoms with Gasteiger partial charge in [-0.05, 0) is 345 Å². The Morgan fingerprint density at radius 3 is 0.224 bits per heavy atom. The van der Waals surface area contributed by atoms with Crippen molar-refractivity contribution < 1.29 is 0 Å². The average molecular weight is 759 g/mol. The van der Waals surface area contributed by atoms with Crippen molar-refractivity contribution in [2.75, 3.05) is 0 Å². The van der Waals surface area contributed by atoms with Crippen LogP contribution in [0.4, 0.5) is 0 Å². The van der Waals surface area contributed by atoms with Crippen LogP contribution in [0.1, 0.15) is 25.7 Å². The second-order valence-corrected chi connectivity index (χ2v) is 32.7. The van der Waals surface area contributed by atoms with Crippen molar-refractivity contribution >= 4 is 0 Å². The largest absolute Gasteiger partial charge is 0.0496 e. The molecule has 0 heterocycles. The Bertz CT molecular complexity index is 2120. The lowest BCUT2D eigenvalue weighted by molar-refractivity contribution is -0.554. The van der Waals surface area contributed by atoms with E-state index in [1.807, 2.05) is 0 Å². The third-order valence-electron chi connectivity index (χ3n) is 37.2. The smallest absolute Gasteiger partial charge is 0.0312 e. The second-order valence-electron chi connectivity index (χ2n) is 32.7. The van der Waals surface area contributed by atoms with E-state index in [0.29, 0.717) is 0 Å². The standard InChI is InChI=1S/C58H62/c1-2-6-5(1)9-10(6)14-13(9)17-18(14)22-21(17)25-26(22)30-29(25)33-34(30)38-37(33)41-42(38)46-45(41)49-50(46)54-53(49)57-55-51-47-43-39-35-31-27-23-19-15-11-7-3-4-8(7)12(11)16(15)20(19)24(23)28(27)32(31)36(35)40(39)44(43)48(47)52(51)56(55)58(54)57/h5-58H,1-4H2. The van der Waals surface area contributed by atoms with Crippen LogP contribution >= 0.6 is 0 Å². The Hall–Kier alpha value is 0. The molecule has 0 aliphatic heterocycles. The van der Waals surface area contributed by atoms with Crippen LogP contribution in [-0.4, -0.2) is 0 Å². The molecule has 52 unspecified atom stereocenters. The van der Waals surface area contributed by atoms with Gasteiger partial charge in [0.05, 0.1) is 0 Å². The molecule has 28 rings (SSSR count). The highest BCUT2D eigenvalue weighted by Gasteiger charge is 3.00. The van der Waals surface area contributed by atoms with Gasteiger partial charge >= 0.3 is 0 Å². The molecule has 0 bridgehead atoms. The van der Waals surface area contributed by atoms with Gasteiger partial charge in [0, 0.05) is 0 Å². The van der Waals surface area contributed by atoms with Crippen LogP contribution in [0.3, 0.4) is 0 Å². The fourth-order valence-electron chi connectivity index (χ4n) is 38.0. The summed E-state index contributed by atoms with van der Waals surface area (Å²) in [7, 11) is 0. The molecular formula is C58H62. The molecule has 0 saturated heterocycles. The van der Waals surface area contributed by atoms with E-state index in [-0.39, 0.29) is 0 Å². The number of rotatable bonds is 0. The summed E-state index contributed by atoms with van der Waals surface area (Å²) in [6.07, 6.45) is 6.65. The van der Waals surface area contributed by atoms with E-state index in [0.717, 1.165) is 0 Å². The third kappa shape index (κ3) is 1.59. The van der Waals surface area contributed by atoms with Crippen LogP contribution in [0.25, 0.3) is 0 Å². The molecule has 52 atom stereocenters. The fourth-order valence-corrected chi connectivity index (χ4v) is 38.0. The molecule has 0 aromatic rings. The summed E-state index contributed by atoms with van der Waals surface area (Å²) in [5.41, 5.74) is 0. The minimum absolute atomic E-state index is 1.27. The van der Waals surface area contributed by atoms with Gasteiger partial charge in [-0.3, -0.25) is 0 Å². The number of hydrogen-bond acceptors (Lipinski definition) is 0. The summed E-state index contributed by atoms with van der Waals surface area (Å²) in [6, 6.07) is 0. The molecule has 28 aliphatic carbocycles. The van der Waals surface area contributed by atoms with E-state index < -0.39 is 0 Å². The second kappa shape index (κ2) is 6.49. The first kappa shape index (κ1) is 26.1. The Labute approximate surface area is 343 Å². The molecule has 28 aliphatic rings. The molecule has 0 spiro atoms. The molecular weight excluding hydrogens is 697 g/mol. The van der Waals surface area contributed by atoms with Crippen LogP contribution < -0.4 is 0 Å². The molecule has 0 N–H and O–H groups in total. The SMILES string of the molecule is C1CC2C1C1C2C2C1C1C2C2C1C1C2C2C1C1C2C2C1C1C2C2C1C1C2C2C1C1C3C4C5C6C7C8C9C%10C%11C%12C%13C%14C%15CCC%15C%14C%13C%12C%11C%10C9C8C7C6C5C4C3C21. The average Bonchev–Trinajstić information content (AvgIpc) is 3.13. The summed E-state index contributed by atoms with van der Waals surface area (Å²) >= 11 is 0. The zero-order chi connectivity index (χ0) is 34.0. The van der Waals surface area contributed by atoms with E-state index in [1.54, 1.807) is 25.7 Å². The molecule has 0 amide bonds. The monoisotopic (exact) mass is 758 g/mol.